The van der Waals surface area contributed by atoms with Crippen LogP contribution in [0.25, 0.3) is 0 Å². The van der Waals surface area contributed by atoms with E-state index < -0.39 is 0 Å². The molecule has 0 heterocycles. The molecule has 0 spiro atoms. The second-order valence-corrected chi connectivity index (χ2v) is 4.56. The maximum atomic E-state index is 8.56. The molecule has 1 rings (SSSR count). The van der Waals surface area contributed by atoms with Gasteiger partial charge in [-0.1, -0.05) is 24.6 Å². The summed E-state index contributed by atoms with van der Waals surface area (Å²) < 4.78 is 10.6. The van der Waals surface area contributed by atoms with E-state index in [1.807, 2.05) is 18.2 Å². The molecule has 1 unspecified atom stereocenters. The van der Waals surface area contributed by atoms with E-state index >= 15 is 0 Å². The highest BCUT2D eigenvalue weighted by Gasteiger charge is 2.08. The zero-order valence-corrected chi connectivity index (χ0v) is 12.2. The molecule has 0 saturated carbocycles. The fraction of sp³-hybridized carbons (Fsp3) is 0.571. The van der Waals surface area contributed by atoms with Crippen LogP contribution >= 0.6 is 11.6 Å². The zero-order valence-electron chi connectivity index (χ0n) is 11.5. The van der Waals surface area contributed by atoms with E-state index in [2.05, 4.69) is 19.2 Å². The summed E-state index contributed by atoms with van der Waals surface area (Å²) in [5, 5.41) is 12.5. The number of aliphatic hydroxyl groups excluding tert-OH is 1. The highest BCUT2D eigenvalue weighted by atomic mass is 35.5. The van der Waals surface area contributed by atoms with Crippen LogP contribution in [0.4, 0.5) is 0 Å². The van der Waals surface area contributed by atoms with Crippen LogP contribution in [-0.4, -0.2) is 38.1 Å². The van der Waals surface area contributed by atoms with Crippen LogP contribution in [0, 0.1) is 0 Å². The standard InChI is InChI=1S/C14H22ClNO3/c1-3-16-11(2)12-4-5-14(13(15)10-12)19-9-8-18-7-6-17/h4-5,10-11,16-17H,3,6-9H2,1-2H3. The maximum absolute atomic E-state index is 8.56. The molecule has 0 aliphatic rings. The summed E-state index contributed by atoms with van der Waals surface area (Å²) >= 11 is 6.18. The van der Waals surface area contributed by atoms with Gasteiger partial charge in [0.1, 0.15) is 12.4 Å². The first-order valence-corrected chi connectivity index (χ1v) is 6.91. The summed E-state index contributed by atoms with van der Waals surface area (Å²) in [6.07, 6.45) is 0. The predicted molar refractivity (Wildman–Crippen MR) is 76.9 cm³/mol. The van der Waals surface area contributed by atoms with Crippen molar-refractivity contribution in [2.75, 3.05) is 33.0 Å². The number of rotatable bonds is 9. The van der Waals surface area contributed by atoms with Crippen molar-refractivity contribution in [1.29, 1.82) is 0 Å². The Hall–Kier alpha value is -0.810. The smallest absolute Gasteiger partial charge is 0.138 e. The Morgan fingerprint density at radius 2 is 2.11 bits per heavy atom. The first kappa shape index (κ1) is 16.2. The van der Waals surface area contributed by atoms with Crippen LogP contribution in [0.5, 0.6) is 5.75 Å². The second kappa shape index (κ2) is 9.15. The number of ether oxygens (including phenoxy) is 2. The highest BCUT2D eigenvalue weighted by Crippen LogP contribution is 2.27. The highest BCUT2D eigenvalue weighted by molar-refractivity contribution is 6.32. The lowest BCUT2D eigenvalue weighted by atomic mass is 10.1. The number of benzene rings is 1. The van der Waals surface area contributed by atoms with Gasteiger partial charge in [0.25, 0.3) is 0 Å². The van der Waals surface area contributed by atoms with Gasteiger partial charge in [-0.15, -0.1) is 0 Å². The molecule has 1 aromatic rings. The van der Waals surface area contributed by atoms with Gasteiger partial charge in [-0.25, -0.2) is 0 Å². The van der Waals surface area contributed by atoms with Gasteiger partial charge in [-0.3, -0.25) is 0 Å². The SMILES string of the molecule is CCNC(C)c1ccc(OCCOCCO)c(Cl)c1. The molecule has 0 bridgehead atoms. The number of nitrogens with one attached hydrogen (secondary N) is 1. The summed E-state index contributed by atoms with van der Waals surface area (Å²) in [5.74, 6) is 0.654. The average Bonchev–Trinajstić information content (AvgIpc) is 2.40. The van der Waals surface area contributed by atoms with Crippen molar-refractivity contribution in [2.24, 2.45) is 0 Å². The molecule has 0 aromatic heterocycles. The normalized spacial score (nSPS) is 12.4. The molecule has 0 saturated heterocycles. The lowest BCUT2D eigenvalue weighted by Gasteiger charge is -2.15. The number of hydrogen-bond donors (Lipinski definition) is 2. The zero-order chi connectivity index (χ0) is 14.1. The Morgan fingerprint density at radius 1 is 1.32 bits per heavy atom. The molecular formula is C14H22ClNO3. The molecule has 19 heavy (non-hydrogen) atoms. The van der Waals surface area contributed by atoms with Crippen molar-refractivity contribution in [1.82, 2.24) is 5.32 Å². The van der Waals surface area contributed by atoms with Crippen LogP contribution in [0.15, 0.2) is 18.2 Å². The van der Waals surface area contributed by atoms with Crippen molar-refractivity contribution in [2.45, 2.75) is 19.9 Å². The topological polar surface area (TPSA) is 50.7 Å². The van der Waals surface area contributed by atoms with E-state index in [1.54, 1.807) is 0 Å². The molecule has 1 atom stereocenters. The average molecular weight is 288 g/mol. The Kier molecular flexibility index (Phi) is 7.82. The minimum Gasteiger partial charge on any atom is -0.490 e. The van der Waals surface area contributed by atoms with Gasteiger partial charge in [0, 0.05) is 6.04 Å². The van der Waals surface area contributed by atoms with Gasteiger partial charge in [0.05, 0.1) is 24.8 Å². The summed E-state index contributed by atoms with van der Waals surface area (Å²) in [6, 6.07) is 6.06. The number of hydrogen-bond acceptors (Lipinski definition) is 4. The van der Waals surface area contributed by atoms with Crippen LogP contribution in [-0.2, 0) is 4.74 Å². The van der Waals surface area contributed by atoms with Gasteiger partial charge >= 0.3 is 0 Å². The molecule has 5 heteroatoms. The largest absolute Gasteiger partial charge is 0.490 e. The predicted octanol–water partition coefficient (Wildman–Crippen LogP) is 2.40. The molecule has 0 amide bonds. The maximum Gasteiger partial charge on any atom is 0.138 e. The van der Waals surface area contributed by atoms with Gasteiger partial charge < -0.3 is 19.9 Å². The molecule has 1 aromatic carbocycles. The minimum absolute atomic E-state index is 0.0256. The molecule has 0 aliphatic carbocycles. The first-order chi connectivity index (χ1) is 9.19. The third-order valence-corrected chi connectivity index (χ3v) is 2.98. The quantitative estimate of drug-likeness (QED) is 0.685. The third kappa shape index (κ3) is 5.78. The third-order valence-electron chi connectivity index (χ3n) is 2.69. The molecule has 2 N–H and O–H groups in total. The second-order valence-electron chi connectivity index (χ2n) is 4.15. The van der Waals surface area contributed by atoms with Crippen LogP contribution in [0.1, 0.15) is 25.5 Å². The van der Waals surface area contributed by atoms with Gasteiger partial charge in [0.15, 0.2) is 0 Å². The summed E-state index contributed by atoms with van der Waals surface area (Å²) in [4.78, 5) is 0. The van der Waals surface area contributed by atoms with Gasteiger partial charge in [-0.05, 0) is 31.2 Å². The Balaban J connectivity index is 2.47. The van der Waals surface area contributed by atoms with Crippen molar-refractivity contribution < 1.29 is 14.6 Å². The van der Waals surface area contributed by atoms with E-state index in [0.717, 1.165) is 12.1 Å². The molecule has 0 fully saturated rings. The van der Waals surface area contributed by atoms with Crippen molar-refractivity contribution in [3.63, 3.8) is 0 Å². The Labute approximate surface area is 119 Å². The molecule has 108 valence electrons. The van der Waals surface area contributed by atoms with Crippen LogP contribution < -0.4 is 10.1 Å². The number of halogens is 1. The fourth-order valence-corrected chi connectivity index (χ4v) is 1.95. The van der Waals surface area contributed by atoms with Gasteiger partial charge in [0.2, 0.25) is 0 Å². The summed E-state index contributed by atoms with van der Waals surface area (Å²) in [7, 11) is 0. The monoisotopic (exact) mass is 287 g/mol. The van der Waals surface area contributed by atoms with E-state index in [-0.39, 0.29) is 12.6 Å². The van der Waals surface area contributed by atoms with Crippen LogP contribution in [0.2, 0.25) is 5.02 Å². The number of aliphatic hydroxyl groups is 1. The minimum atomic E-state index is 0.0256. The van der Waals surface area contributed by atoms with Crippen molar-refractivity contribution in [3.05, 3.63) is 28.8 Å². The van der Waals surface area contributed by atoms with Crippen LogP contribution in [0.3, 0.4) is 0 Å². The van der Waals surface area contributed by atoms with E-state index in [1.165, 1.54) is 0 Å². The van der Waals surface area contributed by atoms with Gasteiger partial charge in [-0.2, -0.15) is 0 Å². The molecule has 4 nitrogen and oxygen atoms in total. The van der Waals surface area contributed by atoms with E-state index in [4.69, 9.17) is 26.2 Å². The Bertz CT molecular complexity index is 374. The molecule has 0 radical (unpaired) electrons. The lowest BCUT2D eigenvalue weighted by Crippen LogP contribution is -2.17. The summed E-state index contributed by atoms with van der Waals surface area (Å²) in [5.41, 5.74) is 1.13. The lowest BCUT2D eigenvalue weighted by molar-refractivity contribution is 0.0705. The molecule has 0 aliphatic heterocycles. The summed E-state index contributed by atoms with van der Waals surface area (Å²) in [6.45, 7) is 6.29. The van der Waals surface area contributed by atoms with Crippen molar-refractivity contribution in [3.8, 4) is 5.75 Å². The van der Waals surface area contributed by atoms with E-state index in [9.17, 15) is 0 Å². The van der Waals surface area contributed by atoms with Crippen molar-refractivity contribution >= 4 is 11.6 Å². The molecular weight excluding hydrogens is 266 g/mol. The fourth-order valence-electron chi connectivity index (χ4n) is 1.70. The first-order valence-electron chi connectivity index (χ1n) is 6.53. The Morgan fingerprint density at radius 3 is 2.74 bits per heavy atom. The van der Waals surface area contributed by atoms with E-state index in [0.29, 0.717) is 30.6 Å².